The van der Waals surface area contributed by atoms with E-state index in [0.717, 1.165) is 14.9 Å². The fourth-order valence-electron chi connectivity index (χ4n) is 2.10. The van der Waals surface area contributed by atoms with Gasteiger partial charge in [0.1, 0.15) is 0 Å². The molecule has 0 saturated heterocycles. The van der Waals surface area contributed by atoms with E-state index in [2.05, 4.69) is 16.8 Å². The number of thiophene rings is 1. The summed E-state index contributed by atoms with van der Waals surface area (Å²) in [6, 6.07) is 13.1. The van der Waals surface area contributed by atoms with Gasteiger partial charge in [-0.05, 0) is 31.2 Å². The average molecular weight is 335 g/mol. The van der Waals surface area contributed by atoms with E-state index in [0.29, 0.717) is 13.1 Å². The Balaban J connectivity index is 2.03. The molecule has 0 bridgehead atoms. The number of rotatable bonds is 7. The van der Waals surface area contributed by atoms with Gasteiger partial charge in [0.2, 0.25) is 5.91 Å². The van der Waals surface area contributed by atoms with Crippen LogP contribution in [0.2, 0.25) is 4.34 Å². The maximum Gasteiger partial charge on any atom is 0.241 e. The van der Waals surface area contributed by atoms with Crippen molar-refractivity contribution in [3.63, 3.8) is 0 Å². The number of nitrogens with one attached hydrogen (secondary N) is 1. The Hall–Kier alpha value is -1.62. The summed E-state index contributed by atoms with van der Waals surface area (Å²) >= 11 is 7.50. The second-order valence-electron chi connectivity index (χ2n) is 4.96. The normalized spacial score (nSPS) is 12.1. The Kier molecular flexibility index (Phi) is 6.19. The summed E-state index contributed by atoms with van der Waals surface area (Å²) in [5.74, 6) is -0.0318. The van der Waals surface area contributed by atoms with Crippen molar-refractivity contribution in [2.75, 3.05) is 11.9 Å². The van der Waals surface area contributed by atoms with Crippen molar-refractivity contribution in [1.29, 1.82) is 0 Å². The van der Waals surface area contributed by atoms with Gasteiger partial charge in [0, 0.05) is 23.7 Å². The summed E-state index contributed by atoms with van der Waals surface area (Å²) < 4.78 is 0.759. The van der Waals surface area contributed by atoms with Crippen molar-refractivity contribution in [2.45, 2.75) is 19.5 Å². The maximum atomic E-state index is 12.4. The highest BCUT2D eigenvalue weighted by Gasteiger charge is 2.21. The molecule has 0 spiro atoms. The van der Waals surface area contributed by atoms with Crippen LogP contribution in [0.15, 0.2) is 55.1 Å². The van der Waals surface area contributed by atoms with Crippen molar-refractivity contribution in [3.8, 4) is 0 Å². The molecule has 1 amide bonds. The Morgan fingerprint density at radius 2 is 2.09 bits per heavy atom. The molecule has 0 aliphatic heterocycles. The highest BCUT2D eigenvalue weighted by atomic mass is 35.5. The van der Waals surface area contributed by atoms with Crippen LogP contribution in [0.1, 0.15) is 11.8 Å². The number of carbonyl (C=O) groups excluding carboxylic acids is 1. The minimum Gasteiger partial charge on any atom is -0.325 e. The molecule has 1 heterocycles. The van der Waals surface area contributed by atoms with Gasteiger partial charge in [0.15, 0.2) is 0 Å². The second-order valence-corrected chi connectivity index (χ2v) is 6.75. The van der Waals surface area contributed by atoms with Crippen LogP contribution >= 0.6 is 22.9 Å². The van der Waals surface area contributed by atoms with Crippen LogP contribution in [0.25, 0.3) is 0 Å². The maximum absolute atomic E-state index is 12.4. The van der Waals surface area contributed by atoms with Gasteiger partial charge in [-0.2, -0.15) is 0 Å². The molecule has 0 radical (unpaired) electrons. The summed E-state index contributed by atoms with van der Waals surface area (Å²) in [7, 11) is 0. The van der Waals surface area contributed by atoms with E-state index in [1.807, 2.05) is 55.5 Å². The first-order chi connectivity index (χ1) is 10.6. The number of amides is 1. The number of carbonyl (C=O) groups is 1. The number of benzene rings is 1. The molecule has 0 saturated carbocycles. The van der Waals surface area contributed by atoms with Gasteiger partial charge in [-0.1, -0.05) is 35.9 Å². The van der Waals surface area contributed by atoms with Crippen molar-refractivity contribution in [3.05, 3.63) is 64.3 Å². The average Bonchev–Trinajstić information content (AvgIpc) is 2.92. The van der Waals surface area contributed by atoms with E-state index in [9.17, 15) is 4.79 Å². The quantitative estimate of drug-likeness (QED) is 0.760. The third-order valence-corrected chi connectivity index (χ3v) is 4.54. The van der Waals surface area contributed by atoms with Gasteiger partial charge < -0.3 is 5.32 Å². The third-order valence-electron chi connectivity index (χ3n) is 3.32. The molecule has 116 valence electrons. The first kappa shape index (κ1) is 16.7. The third kappa shape index (κ3) is 4.70. The highest BCUT2D eigenvalue weighted by molar-refractivity contribution is 7.16. The lowest BCUT2D eigenvalue weighted by atomic mass is 10.2. The first-order valence-electron chi connectivity index (χ1n) is 7.05. The van der Waals surface area contributed by atoms with E-state index < -0.39 is 0 Å². The SMILES string of the molecule is C=CCN(Cc1ccc(Cl)s1)[C@@H](C)C(=O)Nc1ccccc1. The van der Waals surface area contributed by atoms with Crippen LogP contribution in [-0.2, 0) is 11.3 Å². The largest absolute Gasteiger partial charge is 0.325 e. The van der Waals surface area contributed by atoms with E-state index in [1.54, 1.807) is 0 Å². The van der Waals surface area contributed by atoms with E-state index in [1.165, 1.54) is 11.3 Å². The predicted molar refractivity (Wildman–Crippen MR) is 94.5 cm³/mol. The molecule has 1 N–H and O–H groups in total. The van der Waals surface area contributed by atoms with Crippen molar-refractivity contribution in [2.24, 2.45) is 0 Å². The van der Waals surface area contributed by atoms with Crippen LogP contribution < -0.4 is 5.32 Å². The molecule has 0 unspecified atom stereocenters. The first-order valence-corrected chi connectivity index (χ1v) is 8.24. The number of hydrogen-bond donors (Lipinski definition) is 1. The van der Waals surface area contributed by atoms with Gasteiger partial charge >= 0.3 is 0 Å². The van der Waals surface area contributed by atoms with Gasteiger partial charge in [-0.15, -0.1) is 17.9 Å². The molecule has 2 rings (SSSR count). The standard InChI is InChI=1S/C17H19ClN2OS/c1-3-11-20(12-15-9-10-16(18)22-15)13(2)17(21)19-14-7-5-4-6-8-14/h3-10,13H,1,11-12H2,2H3,(H,19,21)/t13-/m0/s1. The van der Waals surface area contributed by atoms with E-state index in [-0.39, 0.29) is 11.9 Å². The lowest BCUT2D eigenvalue weighted by Crippen LogP contribution is -2.41. The Morgan fingerprint density at radius 3 is 2.68 bits per heavy atom. The van der Waals surface area contributed by atoms with E-state index in [4.69, 9.17) is 11.6 Å². The molecule has 22 heavy (non-hydrogen) atoms. The number of nitrogens with zero attached hydrogens (tertiary/aromatic N) is 1. The molecular formula is C17H19ClN2OS. The molecule has 0 fully saturated rings. The van der Waals surface area contributed by atoms with Gasteiger partial charge in [-0.25, -0.2) is 0 Å². The molecule has 3 nitrogen and oxygen atoms in total. The van der Waals surface area contributed by atoms with Crippen LogP contribution in [-0.4, -0.2) is 23.4 Å². The zero-order valence-corrected chi connectivity index (χ0v) is 14.0. The van der Waals surface area contributed by atoms with Crippen molar-refractivity contribution >= 4 is 34.5 Å². The summed E-state index contributed by atoms with van der Waals surface area (Å²) in [6.45, 7) is 6.99. The van der Waals surface area contributed by atoms with Crippen molar-refractivity contribution < 1.29 is 4.79 Å². The highest BCUT2D eigenvalue weighted by Crippen LogP contribution is 2.23. The number of anilines is 1. The monoisotopic (exact) mass is 334 g/mol. The Bertz CT molecular complexity index is 627. The molecule has 1 atom stereocenters. The summed E-state index contributed by atoms with van der Waals surface area (Å²) in [5.41, 5.74) is 0.803. The van der Waals surface area contributed by atoms with E-state index >= 15 is 0 Å². The summed E-state index contributed by atoms with van der Waals surface area (Å²) in [5, 5.41) is 2.93. The molecule has 0 aliphatic rings. The number of hydrogen-bond acceptors (Lipinski definition) is 3. The zero-order chi connectivity index (χ0) is 15.9. The molecule has 0 aliphatic carbocycles. The molecule has 1 aromatic heterocycles. The lowest BCUT2D eigenvalue weighted by Gasteiger charge is -2.26. The summed E-state index contributed by atoms with van der Waals surface area (Å²) in [6.07, 6.45) is 1.81. The minimum atomic E-state index is -0.265. The van der Waals surface area contributed by atoms with Gasteiger partial charge in [-0.3, -0.25) is 9.69 Å². The zero-order valence-electron chi connectivity index (χ0n) is 12.5. The van der Waals surface area contributed by atoms with Gasteiger partial charge in [0.05, 0.1) is 10.4 Å². The molecule has 1 aromatic carbocycles. The molecular weight excluding hydrogens is 316 g/mol. The lowest BCUT2D eigenvalue weighted by molar-refractivity contribution is -0.120. The number of halogens is 1. The second kappa shape index (κ2) is 8.13. The van der Waals surface area contributed by atoms with Gasteiger partial charge in [0.25, 0.3) is 0 Å². The summed E-state index contributed by atoms with van der Waals surface area (Å²) in [4.78, 5) is 15.6. The van der Waals surface area contributed by atoms with Crippen LogP contribution in [0.3, 0.4) is 0 Å². The molecule has 2 aromatic rings. The fourth-order valence-corrected chi connectivity index (χ4v) is 3.21. The predicted octanol–water partition coefficient (Wildman–Crippen LogP) is 4.42. The molecule has 5 heteroatoms. The van der Waals surface area contributed by atoms with Crippen LogP contribution in [0.4, 0.5) is 5.69 Å². The fraction of sp³-hybridized carbons (Fsp3) is 0.235. The topological polar surface area (TPSA) is 32.3 Å². The Morgan fingerprint density at radius 1 is 1.36 bits per heavy atom. The van der Waals surface area contributed by atoms with Crippen LogP contribution in [0.5, 0.6) is 0 Å². The number of para-hydroxylation sites is 1. The van der Waals surface area contributed by atoms with Crippen molar-refractivity contribution in [1.82, 2.24) is 4.90 Å². The Labute approximate surface area is 140 Å². The van der Waals surface area contributed by atoms with Crippen LogP contribution in [0, 0.1) is 0 Å². The smallest absolute Gasteiger partial charge is 0.241 e. The minimum absolute atomic E-state index is 0.0318.